The Morgan fingerprint density at radius 2 is 2.30 bits per heavy atom. The fourth-order valence-electron chi connectivity index (χ4n) is 2.34. The van der Waals surface area contributed by atoms with Crippen molar-refractivity contribution >= 4 is 33.4 Å². The molecule has 2 rings (SSSR count). The first-order valence-electron chi connectivity index (χ1n) is 6.30. The SMILES string of the molecule is CC1(C)CN(C(=O)c2ccc(F)c(Br)c2)CC(CCl)O1. The second-order valence-electron chi connectivity index (χ2n) is 5.47. The molecule has 3 nitrogen and oxygen atoms in total. The molecule has 1 heterocycles. The molecule has 110 valence electrons. The van der Waals surface area contributed by atoms with Crippen LogP contribution in [0.4, 0.5) is 4.39 Å². The first-order valence-corrected chi connectivity index (χ1v) is 7.63. The fraction of sp³-hybridized carbons (Fsp3) is 0.500. The Bertz CT molecular complexity index is 524. The Kier molecular flexibility index (Phi) is 4.72. The van der Waals surface area contributed by atoms with Crippen molar-refractivity contribution in [3.8, 4) is 0 Å². The van der Waals surface area contributed by atoms with Gasteiger partial charge in [-0.1, -0.05) is 0 Å². The van der Waals surface area contributed by atoms with E-state index in [0.717, 1.165) is 0 Å². The van der Waals surface area contributed by atoms with Gasteiger partial charge in [0.1, 0.15) is 5.82 Å². The molecular weight excluding hydrogens is 349 g/mol. The van der Waals surface area contributed by atoms with Gasteiger partial charge in [0.15, 0.2) is 0 Å². The minimum Gasteiger partial charge on any atom is -0.367 e. The van der Waals surface area contributed by atoms with Crippen LogP contribution in [0.5, 0.6) is 0 Å². The van der Waals surface area contributed by atoms with E-state index < -0.39 is 5.60 Å². The summed E-state index contributed by atoms with van der Waals surface area (Å²) < 4.78 is 19.3. The fourth-order valence-corrected chi connectivity index (χ4v) is 2.88. The lowest BCUT2D eigenvalue weighted by molar-refractivity contribution is -0.117. The summed E-state index contributed by atoms with van der Waals surface area (Å²) in [6.07, 6.45) is -0.187. The van der Waals surface area contributed by atoms with Gasteiger partial charge in [0.2, 0.25) is 0 Å². The lowest BCUT2D eigenvalue weighted by atomic mass is 10.0. The third kappa shape index (κ3) is 3.51. The van der Waals surface area contributed by atoms with Crippen LogP contribution in [0.2, 0.25) is 0 Å². The zero-order chi connectivity index (χ0) is 14.9. The van der Waals surface area contributed by atoms with Crippen molar-refractivity contribution in [2.75, 3.05) is 19.0 Å². The lowest BCUT2D eigenvalue weighted by Gasteiger charge is -2.42. The maximum atomic E-state index is 13.2. The quantitative estimate of drug-likeness (QED) is 0.752. The normalized spacial score (nSPS) is 21.9. The Morgan fingerprint density at radius 1 is 1.60 bits per heavy atom. The first kappa shape index (κ1) is 15.7. The van der Waals surface area contributed by atoms with E-state index in [1.165, 1.54) is 18.2 Å². The number of ether oxygens (including phenoxy) is 1. The van der Waals surface area contributed by atoms with E-state index in [0.29, 0.717) is 24.5 Å². The van der Waals surface area contributed by atoms with E-state index in [4.69, 9.17) is 16.3 Å². The van der Waals surface area contributed by atoms with Crippen molar-refractivity contribution in [3.63, 3.8) is 0 Å². The molecular formula is C14H16BrClFNO2. The lowest BCUT2D eigenvalue weighted by Crippen LogP contribution is -2.55. The third-order valence-electron chi connectivity index (χ3n) is 3.11. The highest BCUT2D eigenvalue weighted by molar-refractivity contribution is 9.10. The van der Waals surface area contributed by atoms with Gasteiger partial charge in [0.05, 0.1) is 22.1 Å². The molecule has 0 N–H and O–H groups in total. The number of halogens is 3. The molecule has 1 aliphatic rings. The summed E-state index contributed by atoms with van der Waals surface area (Å²) in [4.78, 5) is 14.2. The number of morpholine rings is 1. The smallest absolute Gasteiger partial charge is 0.254 e. The molecule has 1 aliphatic heterocycles. The van der Waals surface area contributed by atoms with Crippen LogP contribution in [0.3, 0.4) is 0 Å². The maximum absolute atomic E-state index is 13.2. The molecule has 0 aromatic heterocycles. The van der Waals surface area contributed by atoms with Gasteiger partial charge in [0, 0.05) is 18.7 Å². The van der Waals surface area contributed by atoms with Gasteiger partial charge in [-0.2, -0.15) is 0 Å². The molecule has 0 aliphatic carbocycles. The molecule has 0 saturated carbocycles. The number of nitrogens with zero attached hydrogens (tertiary/aromatic N) is 1. The highest BCUT2D eigenvalue weighted by Crippen LogP contribution is 2.24. The summed E-state index contributed by atoms with van der Waals surface area (Å²) in [7, 11) is 0. The minimum absolute atomic E-state index is 0.141. The third-order valence-corrected chi connectivity index (χ3v) is 4.06. The predicted octanol–water partition coefficient (Wildman–Crippen LogP) is 3.45. The molecule has 0 radical (unpaired) electrons. The summed E-state index contributed by atoms with van der Waals surface area (Å²) in [5, 5.41) is 0. The molecule has 1 unspecified atom stereocenters. The molecule has 6 heteroatoms. The van der Waals surface area contributed by atoms with E-state index in [-0.39, 0.29) is 22.3 Å². The van der Waals surface area contributed by atoms with Crippen molar-refractivity contribution in [2.24, 2.45) is 0 Å². The molecule has 20 heavy (non-hydrogen) atoms. The molecule has 1 fully saturated rings. The van der Waals surface area contributed by atoms with Gasteiger partial charge < -0.3 is 9.64 Å². The second-order valence-corrected chi connectivity index (χ2v) is 6.63. The van der Waals surface area contributed by atoms with Gasteiger partial charge >= 0.3 is 0 Å². The van der Waals surface area contributed by atoms with Gasteiger partial charge in [-0.3, -0.25) is 4.79 Å². The van der Waals surface area contributed by atoms with E-state index in [1.54, 1.807) is 4.90 Å². The van der Waals surface area contributed by atoms with Crippen LogP contribution in [-0.2, 0) is 4.74 Å². The molecule has 1 saturated heterocycles. The summed E-state index contributed by atoms with van der Waals surface area (Å²) in [5.74, 6) is -0.194. The molecule has 1 amide bonds. The molecule has 1 aromatic carbocycles. The van der Waals surface area contributed by atoms with Crippen LogP contribution in [0.15, 0.2) is 22.7 Å². The van der Waals surface area contributed by atoms with Gasteiger partial charge in [-0.05, 0) is 48.0 Å². The molecule has 1 aromatic rings. The summed E-state index contributed by atoms with van der Waals surface area (Å²) >= 11 is 8.94. The van der Waals surface area contributed by atoms with Gasteiger partial charge in [0.25, 0.3) is 5.91 Å². The van der Waals surface area contributed by atoms with Crippen molar-refractivity contribution < 1.29 is 13.9 Å². The van der Waals surface area contributed by atoms with Crippen LogP contribution < -0.4 is 0 Å². The largest absolute Gasteiger partial charge is 0.367 e. The maximum Gasteiger partial charge on any atom is 0.254 e. The summed E-state index contributed by atoms with van der Waals surface area (Å²) in [6, 6.07) is 4.26. The Hall–Kier alpha value is -0.650. The standard InChI is InChI=1S/C14H16BrClFNO2/c1-14(2)8-18(7-10(6-16)20-14)13(19)9-3-4-12(17)11(15)5-9/h3-5,10H,6-8H2,1-2H3. The van der Waals surface area contributed by atoms with Crippen LogP contribution in [-0.4, -0.2) is 41.5 Å². The molecule has 1 atom stereocenters. The Balaban J connectivity index is 2.21. The number of hydrogen-bond acceptors (Lipinski definition) is 2. The summed E-state index contributed by atoms with van der Waals surface area (Å²) in [5.41, 5.74) is 0.00867. The topological polar surface area (TPSA) is 29.5 Å². The number of carbonyl (C=O) groups excluding carboxylic acids is 1. The van der Waals surface area contributed by atoms with Crippen molar-refractivity contribution in [2.45, 2.75) is 25.6 Å². The van der Waals surface area contributed by atoms with Crippen molar-refractivity contribution in [3.05, 3.63) is 34.1 Å². The van der Waals surface area contributed by atoms with E-state index in [1.807, 2.05) is 13.8 Å². The van der Waals surface area contributed by atoms with E-state index in [2.05, 4.69) is 15.9 Å². The van der Waals surface area contributed by atoms with Crippen molar-refractivity contribution in [1.82, 2.24) is 4.90 Å². The van der Waals surface area contributed by atoms with Gasteiger partial charge in [-0.15, -0.1) is 11.6 Å². The number of benzene rings is 1. The Morgan fingerprint density at radius 3 is 2.90 bits per heavy atom. The summed E-state index contributed by atoms with van der Waals surface area (Å²) in [6.45, 7) is 4.77. The van der Waals surface area contributed by atoms with Crippen LogP contribution in [0, 0.1) is 5.82 Å². The van der Waals surface area contributed by atoms with E-state index >= 15 is 0 Å². The highest BCUT2D eigenvalue weighted by Gasteiger charge is 2.35. The number of hydrogen-bond donors (Lipinski definition) is 0. The Labute approximate surface area is 131 Å². The average molecular weight is 365 g/mol. The zero-order valence-corrected chi connectivity index (χ0v) is 13.7. The van der Waals surface area contributed by atoms with Crippen LogP contribution in [0.1, 0.15) is 24.2 Å². The van der Waals surface area contributed by atoms with Gasteiger partial charge in [-0.25, -0.2) is 4.39 Å². The monoisotopic (exact) mass is 363 g/mol. The van der Waals surface area contributed by atoms with E-state index in [9.17, 15) is 9.18 Å². The molecule has 0 spiro atoms. The van der Waals surface area contributed by atoms with Crippen molar-refractivity contribution in [1.29, 1.82) is 0 Å². The average Bonchev–Trinajstić information content (AvgIpc) is 2.39. The van der Waals surface area contributed by atoms with Crippen LogP contribution >= 0.6 is 27.5 Å². The first-order chi connectivity index (χ1) is 9.32. The van der Waals surface area contributed by atoms with Crippen LogP contribution in [0.25, 0.3) is 0 Å². The number of amides is 1. The number of rotatable bonds is 2. The second kappa shape index (κ2) is 6.00. The zero-order valence-electron chi connectivity index (χ0n) is 11.3. The molecule has 0 bridgehead atoms. The highest BCUT2D eigenvalue weighted by atomic mass is 79.9. The predicted molar refractivity (Wildman–Crippen MR) is 79.7 cm³/mol. The number of carbonyl (C=O) groups is 1. The number of alkyl halides is 1. The minimum atomic E-state index is -0.440.